The second-order valence-corrected chi connectivity index (χ2v) is 8.40. The molecule has 0 aliphatic carbocycles. The van der Waals surface area contributed by atoms with Gasteiger partial charge in [0, 0.05) is 16.6 Å². The Morgan fingerprint density at radius 3 is 1.61 bits per heavy atom. The molecule has 6 aromatic carbocycles. The molecule has 6 aromatic rings. The van der Waals surface area contributed by atoms with E-state index in [9.17, 15) is 0 Å². The average molecular weight is 394 g/mol. The van der Waals surface area contributed by atoms with Gasteiger partial charge in [-0.3, -0.25) is 0 Å². The maximum Gasteiger partial charge on any atom is 0.634 e. The van der Waals surface area contributed by atoms with Gasteiger partial charge in [-0.25, -0.2) is 0 Å². The van der Waals surface area contributed by atoms with Gasteiger partial charge in [-0.15, -0.1) is 0 Å². The predicted octanol–water partition coefficient (Wildman–Crippen LogP) is 6.40. The Morgan fingerprint density at radius 2 is 1.03 bits per heavy atom. The number of hydrogen-bond acceptors (Lipinski definition) is 2. The van der Waals surface area contributed by atoms with Crippen molar-refractivity contribution in [2.45, 2.75) is 0 Å². The molecule has 0 N–H and O–H groups in total. The first-order valence-corrected chi connectivity index (χ1v) is 10.6. The van der Waals surface area contributed by atoms with Gasteiger partial charge in [0.25, 0.3) is 0 Å². The maximum absolute atomic E-state index is 6.40. The first kappa shape index (κ1) is 15.8. The third-order valence-electron chi connectivity index (χ3n) is 6.87. The summed E-state index contributed by atoms with van der Waals surface area (Å²) < 4.78 is 12.8. The molecule has 2 aliphatic heterocycles. The Hall–Kier alpha value is -3.98. The fourth-order valence-electron chi connectivity index (χ4n) is 5.65. The molecule has 0 bridgehead atoms. The highest BCUT2D eigenvalue weighted by Gasteiger charge is 2.43. The van der Waals surface area contributed by atoms with Crippen LogP contribution in [0.5, 0.6) is 11.5 Å². The predicted molar refractivity (Wildman–Crippen MR) is 128 cm³/mol. The number of hydrogen-bond donors (Lipinski definition) is 0. The van der Waals surface area contributed by atoms with Crippen LogP contribution in [0.2, 0.25) is 0 Å². The van der Waals surface area contributed by atoms with E-state index in [0.717, 1.165) is 28.1 Å². The topological polar surface area (TPSA) is 18.5 Å². The minimum absolute atomic E-state index is 0.447. The van der Waals surface area contributed by atoms with E-state index in [1.807, 2.05) is 24.3 Å². The van der Waals surface area contributed by atoms with Crippen molar-refractivity contribution in [3.8, 4) is 33.8 Å². The average Bonchev–Trinajstić information content (AvgIpc) is 2.83. The maximum atomic E-state index is 6.40. The third kappa shape index (κ3) is 1.85. The lowest BCUT2D eigenvalue weighted by atomic mass is 9.64. The van der Waals surface area contributed by atoms with Crippen molar-refractivity contribution >= 4 is 44.9 Å². The molecule has 0 radical (unpaired) electrons. The van der Waals surface area contributed by atoms with Gasteiger partial charge in [0.2, 0.25) is 0 Å². The summed E-state index contributed by atoms with van der Waals surface area (Å²) in [5.41, 5.74) is 5.89. The van der Waals surface area contributed by atoms with Crippen LogP contribution < -0.4 is 14.8 Å². The van der Waals surface area contributed by atoms with Crippen LogP contribution in [0, 0.1) is 0 Å². The monoisotopic (exact) mass is 394 g/mol. The summed E-state index contributed by atoms with van der Waals surface area (Å²) in [7, 11) is -0.447. The lowest BCUT2D eigenvalue weighted by Crippen LogP contribution is -2.49. The van der Waals surface area contributed by atoms with Crippen LogP contribution in [0.25, 0.3) is 54.6 Å². The summed E-state index contributed by atoms with van der Waals surface area (Å²) in [4.78, 5) is 0. The van der Waals surface area contributed by atoms with Crippen LogP contribution >= 0.6 is 0 Å². The van der Waals surface area contributed by atoms with Crippen molar-refractivity contribution in [1.29, 1.82) is 0 Å². The Balaban J connectivity index is 1.70. The molecule has 8 rings (SSSR count). The highest BCUT2D eigenvalue weighted by molar-refractivity contribution is 6.69. The van der Waals surface area contributed by atoms with Crippen LogP contribution in [-0.2, 0) is 0 Å². The van der Waals surface area contributed by atoms with Crippen molar-refractivity contribution in [2.24, 2.45) is 0 Å². The number of para-hydroxylation sites is 2. The molecule has 31 heavy (non-hydrogen) atoms. The SMILES string of the molecule is c1ccc2c(c1)OB1Oc3ccccc3-c3c1c-2c1ccc2cccc4ccc3c1c24. The van der Waals surface area contributed by atoms with Crippen molar-refractivity contribution in [2.75, 3.05) is 0 Å². The highest BCUT2D eigenvalue weighted by Crippen LogP contribution is 2.49. The van der Waals surface area contributed by atoms with E-state index in [1.54, 1.807) is 0 Å². The summed E-state index contributed by atoms with van der Waals surface area (Å²) in [6.45, 7) is 0. The molecule has 3 heteroatoms. The van der Waals surface area contributed by atoms with Crippen LogP contribution in [0.1, 0.15) is 0 Å². The molecule has 0 spiro atoms. The largest absolute Gasteiger partial charge is 0.634 e. The Bertz CT molecular complexity index is 1580. The van der Waals surface area contributed by atoms with E-state index < -0.39 is 7.12 Å². The number of rotatable bonds is 0. The number of benzene rings is 6. The van der Waals surface area contributed by atoms with Crippen molar-refractivity contribution in [1.82, 2.24) is 0 Å². The second kappa shape index (κ2) is 5.38. The van der Waals surface area contributed by atoms with E-state index in [1.165, 1.54) is 43.4 Å². The van der Waals surface area contributed by atoms with Gasteiger partial charge in [-0.05, 0) is 55.6 Å². The minimum atomic E-state index is -0.447. The first-order chi connectivity index (χ1) is 15.4. The van der Waals surface area contributed by atoms with Crippen molar-refractivity contribution < 1.29 is 9.31 Å². The van der Waals surface area contributed by atoms with Gasteiger partial charge in [0.1, 0.15) is 11.5 Å². The molecule has 142 valence electrons. The molecule has 2 nitrogen and oxygen atoms in total. The molecule has 0 aromatic heterocycles. The molecule has 0 fully saturated rings. The lowest BCUT2D eigenvalue weighted by Gasteiger charge is -2.34. The zero-order valence-corrected chi connectivity index (χ0v) is 16.6. The Labute approximate surface area is 179 Å². The smallest absolute Gasteiger partial charge is 0.521 e. The quantitative estimate of drug-likeness (QED) is 0.219. The normalized spacial score (nSPS) is 13.6. The highest BCUT2D eigenvalue weighted by atomic mass is 16.6. The summed E-state index contributed by atoms with van der Waals surface area (Å²) in [6, 6.07) is 32.3. The Kier molecular flexibility index (Phi) is 2.75. The van der Waals surface area contributed by atoms with Gasteiger partial charge in [0.05, 0.1) is 0 Å². The van der Waals surface area contributed by atoms with Gasteiger partial charge in [0.15, 0.2) is 0 Å². The van der Waals surface area contributed by atoms with Crippen LogP contribution in [0.3, 0.4) is 0 Å². The van der Waals surface area contributed by atoms with Gasteiger partial charge >= 0.3 is 7.12 Å². The van der Waals surface area contributed by atoms with Crippen molar-refractivity contribution in [3.63, 3.8) is 0 Å². The molecule has 0 amide bonds. The molecule has 0 saturated heterocycles. The summed E-state index contributed by atoms with van der Waals surface area (Å²) in [5.74, 6) is 1.75. The Morgan fingerprint density at radius 1 is 0.484 bits per heavy atom. The fraction of sp³-hybridized carbons (Fsp3) is 0. The molecule has 0 atom stereocenters. The molecular formula is C28H15BO2. The van der Waals surface area contributed by atoms with Crippen molar-refractivity contribution in [3.05, 3.63) is 91.0 Å². The summed E-state index contributed by atoms with van der Waals surface area (Å²) in [6.07, 6.45) is 0. The zero-order valence-electron chi connectivity index (χ0n) is 16.6. The summed E-state index contributed by atoms with van der Waals surface area (Å²) >= 11 is 0. The molecular weight excluding hydrogens is 379 g/mol. The van der Waals surface area contributed by atoms with E-state index >= 15 is 0 Å². The number of fused-ring (bicyclic) bond motifs is 6. The standard InChI is InChI=1S/C28H15BO2/c1-3-10-22-18(8-1)26-20-14-12-16-6-5-7-17-13-15-21(25(20)24(16)17)27-19-9-2-4-11-23(19)31-29(30-22)28(26)27/h1-15H. The minimum Gasteiger partial charge on any atom is -0.521 e. The lowest BCUT2D eigenvalue weighted by molar-refractivity contribution is 0.436. The third-order valence-corrected chi connectivity index (χ3v) is 6.87. The molecule has 2 aliphatic rings. The molecule has 0 unspecified atom stereocenters. The van der Waals surface area contributed by atoms with Crippen LogP contribution in [0.4, 0.5) is 0 Å². The van der Waals surface area contributed by atoms with Gasteiger partial charge in [-0.1, -0.05) is 78.9 Å². The molecule has 0 saturated carbocycles. The fourth-order valence-corrected chi connectivity index (χ4v) is 5.65. The van der Waals surface area contributed by atoms with Gasteiger partial charge < -0.3 is 9.31 Å². The van der Waals surface area contributed by atoms with Gasteiger partial charge in [-0.2, -0.15) is 0 Å². The first-order valence-electron chi connectivity index (χ1n) is 10.6. The van der Waals surface area contributed by atoms with E-state index in [-0.39, 0.29) is 0 Å². The van der Waals surface area contributed by atoms with E-state index in [2.05, 4.69) is 66.7 Å². The molecule has 2 heterocycles. The van der Waals surface area contributed by atoms with Crippen LogP contribution in [0.15, 0.2) is 91.0 Å². The zero-order chi connectivity index (χ0) is 20.1. The second-order valence-electron chi connectivity index (χ2n) is 8.40. The summed E-state index contributed by atoms with van der Waals surface area (Å²) in [5, 5.41) is 7.75. The van der Waals surface area contributed by atoms with E-state index in [0.29, 0.717) is 0 Å². The van der Waals surface area contributed by atoms with Crippen LogP contribution in [-0.4, -0.2) is 7.12 Å². The van der Waals surface area contributed by atoms with E-state index in [4.69, 9.17) is 9.31 Å².